The van der Waals surface area contributed by atoms with Crippen LogP contribution >= 0.6 is 24.8 Å². The predicted octanol–water partition coefficient (Wildman–Crippen LogP) is 15.5. The van der Waals surface area contributed by atoms with Gasteiger partial charge in [0.1, 0.15) is 0 Å². The Labute approximate surface area is 355 Å². The monoisotopic (exact) mass is 880 g/mol. The van der Waals surface area contributed by atoms with Crippen LogP contribution in [0.2, 0.25) is 9.26 Å². The number of allylic oxidation sites excluding steroid dienone is 2. The molecule has 2 unspecified atom stereocenters. The number of aryl methyl sites for hydroxylation is 4. The maximum absolute atomic E-state index is 3.90. The molecule has 0 aromatic heterocycles. The van der Waals surface area contributed by atoms with Gasteiger partial charge in [-0.1, -0.05) is 0 Å². The molecule has 0 N–H and O–H groups in total. The van der Waals surface area contributed by atoms with E-state index in [-0.39, 0.29) is 24.8 Å². The number of halogens is 2. The summed E-state index contributed by atoms with van der Waals surface area (Å²) in [7, 11) is 0. The van der Waals surface area contributed by atoms with Gasteiger partial charge in [-0.15, -0.1) is 24.8 Å². The van der Waals surface area contributed by atoms with E-state index in [2.05, 4.69) is 129 Å². The van der Waals surface area contributed by atoms with Crippen LogP contribution in [0.25, 0.3) is 34.4 Å². The van der Waals surface area contributed by atoms with E-state index in [9.17, 15) is 0 Å². The standard InChI is InChI=1S/2C25H29.2CH3.2ClH.H2Si.Zr/c2*1-3-19-10-12-22(13-11-19)23-14-9-18(2)24-16-21(17-25(23)24)15-20-7-5-4-6-8-20;;;;;;/h2*9-14,16-17,20H,3-8,15H2,1-2H3;2*1H3;2*1H;1H2;. The van der Waals surface area contributed by atoms with Crippen molar-refractivity contribution in [3.63, 3.8) is 0 Å². The van der Waals surface area contributed by atoms with E-state index in [1.165, 1.54) is 122 Å². The van der Waals surface area contributed by atoms with Gasteiger partial charge >= 0.3 is 333 Å². The molecular weight excluding hydrogens is 815 g/mol. The smallest absolute Gasteiger partial charge is 0.147 e. The minimum absolute atomic E-state index is 0. The largest absolute Gasteiger partial charge is 0.147 e. The Balaban J connectivity index is 0.00000266. The molecule has 0 saturated heterocycles. The van der Waals surface area contributed by atoms with Crippen molar-refractivity contribution in [2.45, 2.75) is 134 Å². The molecule has 56 heavy (non-hydrogen) atoms. The van der Waals surface area contributed by atoms with Gasteiger partial charge in [0.05, 0.1) is 0 Å². The minimum Gasteiger partial charge on any atom is -0.147 e. The van der Waals surface area contributed by atoms with Crippen LogP contribution in [0.4, 0.5) is 0 Å². The molecule has 0 bridgehead atoms. The number of rotatable bonds is 10. The van der Waals surface area contributed by atoms with E-state index in [4.69, 9.17) is 0 Å². The van der Waals surface area contributed by atoms with Gasteiger partial charge in [0, 0.05) is 0 Å². The third-order valence-corrected chi connectivity index (χ3v) is 32.1. The molecule has 4 aliphatic carbocycles. The Hall–Kier alpha value is -1.96. The topological polar surface area (TPSA) is 0 Å². The summed E-state index contributed by atoms with van der Waals surface area (Å²) in [5.74, 6) is 1.66. The Bertz CT molecular complexity index is 2000. The number of benzene rings is 4. The van der Waals surface area contributed by atoms with E-state index in [1.54, 1.807) is 33.4 Å². The normalized spacial score (nSPS) is 20.1. The second-order valence-electron chi connectivity index (χ2n) is 19.3. The van der Waals surface area contributed by atoms with Gasteiger partial charge in [0.25, 0.3) is 0 Å². The average Bonchev–Trinajstić information content (AvgIpc) is 3.78. The number of fused-ring (bicyclic) bond motifs is 2. The maximum atomic E-state index is 2.92. The van der Waals surface area contributed by atoms with Crippen molar-refractivity contribution in [2.75, 3.05) is 0 Å². The van der Waals surface area contributed by atoms with Crippen molar-refractivity contribution in [1.29, 1.82) is 0 Å². The zero-order valence-corrected chi connectivity index (χ0v) is 40.8. The molecule has 298 valence electrons. The molecular formula is C52H68Cl2SiZr. The van der Waals surface area contributed by atoms with Gasteiger partial charge in [-0.2, -0.15) is 0 Å². The second kappa shape index (κ2) is 17.7. The summed E-state index contributed by atoms with van der Waals surface area (Å²) in [5.41, 5.74) is 21.7. The molecule has 0 nitrogen and oxygen atoms in total. The van der Waals surface area contributed by atoms with Gasteiger partial charge in [0.15, 0.2) is 0 Å². The summed E-state index contributed by atoms with van der Waals surface area (Å²) in [5, 5.41) is 0. The van der Waals surface area contributed by atoms with Gasteiger partial charge in [-0.05, 0) is 0 Å². The van der Waals surface area contributed by atoms with Crippen LogP contribution in [-0.4, -0.2) is 6.88 Å². The molecule has 2 fully saturated rings. The maximum Gasteiger partial charge on any atom is -0.147 e. The van der Waals surface area contributed by atoms with E-state index in [0.29, 0.717) is 7.25 Å². The molecule has 2 atom stereocenters. The fraction of sp³-hybridized carbons (Fsp3) is 0.462. The predicted molar refractivity (Wildman–Crippen MR) is 251 cm³/mol. The molecule has 8 rings (SSSR count). The molecule has 4 aromatic rings. The molecule has 0 heterocycles. The van der Waals surface area contributed by atoms with E-state index >= 15 is 0 Å². The van der Waals surface area contributed by atoms with Crippen LogP contribution in [0.1, 0.15) is 143 Å². The third kappa shape index (κ3) is 8.27. The van der Waals surface area contributed by atoms with E-state index < -0.39 is 17.4 Å². The zero-order chi connectivity index (χ0) is 37.6. The molecule has 0 amide bonds. The van der Waals surface area contributed by atoms with Crippen molar-refractivity contribution in [3.8, 4) is 22.3 Å². The van der Waals surface area contributed by atoms with Crippen molar-refractivity contribution in [3.05, 3.63) is 128 Å². The van der Waals surface area contributed by atoms with Gasteiger partial charge in [-0.3, -0.25) is 0 Å². The van der Waals surface area contributed by atoms with Crippen LogP contribution in [0, 0.1) is 25.7 Å². The van der Waals surface area contributed by atoms with Crippen LogP contribution in [0.5, 0.6) is 0 Å². The molecule has 0 radical (unpaired) electrons. The molecule has 4 heteroatoms. The van der Waals surface area contributed by atoms with E-state index in [1.807, 2.05) is 0 Å². The van der Waals surface area contributed by atoms with Crippen LogP contribution < -0.4 is 0 Å². The molecule has 2 saturated carbocycles. The summed E-state index contributed by atoms with van der Waals surface area (Å²) >= 11 is -3.90. The Morgan fingerprint density at radius 3 is 1.21 bits per heavy atom. The molecule has 0 spiro atoms. The van der Waals surface area contributed by atoms with Crippen molar-refractivity contribution in [2.24, 2.45) is 11.8 Å². The van der Waals surface area contributed by atoms with Crippen molar-refractivity contribution in [1.82, 2.24) is 0 Å². The zero-order valence-electron chi connectivity index (χ0n) is 35.3. The Kier molecular flexibility index (Phi) is 13.8. The summed E-state index contributed by atoms with van der Waals surface area (Å²) < 4.78 is 6.98. The molecule has 4 aromatic carbocycles. The fourth-order valence-electron chi connectivity index (χ4n) is 12.0. The Morgan fingerprint density at radius 1 is 0.518 bits per heavy atom. The first-order chi connectivity index (χ1) is 26.0. The Morgan fingerprint density at radius 2 is 0.875 bits per heavy atom. The SMILES string of the molecule is CCc1ccc(-c2ccc(C)c3c2C=C(CC2CCCCC2)[CH]3[Zr]([CH3])([CH3])(=[SiH2])[CH]2C(CC3CCCCC3)=Cc3c(-c4ccc(CC)cc4)ccc(C)c32)cc1.Cl.Cl. The second-order valence-corrected chi connectivity index (χ2v) is 49.7. The average molecular weight is 883 g/mol. The fourth-order valence-corrected chi connectivity index (χ4v) is 31.8. The number of hydrogen-bond acceptors (Lipinski definition) is 0. The van der Waals surface area contributed by atoms with E-state index in [0.717, 1.165) is 24.7 Å². The summed E-state index contributed by atoms with van der Waals surface area (Å²) in [4.78, 5) is 0. The first-order valence-electron chi connectivity index (χ1n) is 22.0. The minimum atomic E-state index is -3.90. The quantitative estimate of drug-likeness (QED) is 0.139. The van der Waals surface area contributed by atoms with Crippen LogP contribution in [0.3, 0.4) is 0 Å². The number of hydrogen-bond donors (Lipinski definition) is 0. The van der Waals surface area contributed by atoms with Gasteiger partial charge in [0.2, 0.25) is 0 Å². The first kappa shape index (κ1) is 43.6. The molecule has 4 aliphatic rings. The van der Waals surface area contributed by atoms with Gasteiger partial charge in [-0.25, -0.2) is 0 Å². The summed E-state index contributed by atoms with van der Waals surface area (Å²) in [6, 6.07) is 29.0. The van der Waals surface area contributed by atoms with Crippen molar-refractivity contribution < 1.29 is 17.4 Å². The summed E-state index contributed by atoms with van der Waals surface area (Å²) in [6.45, 7) is 12.0. The van der Waals surface area contributed by atoms with Crippen LogP contribution in [-0.2, 0) is 30.2 Å². The summed E-state index contributed by atoms with van der Waals surface area (Å²) in [6.07, 6.45) is 24.5. The van der Waals surface area contributed by atoms with Crippen LogP contribution in [0.15, 0.2) is 83.9 Å². The molecule has 0 aliphatic heterocycles. The third-order valence-electron chi connectivity index (χ3n) is 14.7. The van der Waals surface area contributed by atoms with Gasteiger partial charge < -0.3 is 0 Å². The first-order valence-corrected chi connectivity index (χ1v) is 35.7. The van der Waals surface area contributed by atoms with Crippen molar-refractivity contribution >= 4 is 43.8 Å².